The molecule has 4 aromatic carbocycles. The Bertz CT molecular complexity index is 1540. The zero-order valence-corrected chi connectivity index (χ0v) is 22.4. The summed E-state index contributed by atoms with van der Waals surface area (Å²) in [6, 6.07) is 24.9. The second kappa shape index (κ2) is 12.2. The van der Waals surface area contributed by atoms with Crippen molar-refractivity contribution in [2.45, 2.75) is 23.5 Å². The number of amides is 1. The molecule has 0 bridgehead atoms. The van der Waals surface area contributed by atoms with Crippen molar-refractivity contribution < 1.29 is 22.3 Å². The fourth-order valence-electron chi connectivity index (χ4n) is 4.15. The van der Waals surface area contributed by atoms with Crippen LogP contribution in [0.5, 0.6) is 5.75 Å². The molecule has 0 unspecified atom stereocenters. The largest absolute Gasteiger partial charge is 0.495 e. The van der Waals surface area contributed by atoms with Gasteiger partial charge in [0.05, 0.1) is 12.9 Å². The third-order valence-corrected chi connectivity index (χ3v) is 8.02. The van der Waals surface area contributed by atoms with Crippen molar-refractivity contribution in [1.29, 1.82) is 0 Å². The molecule has 0 spiro atoms. The molecule has 5 nitrogen and oxygen atoms in total. The van der Waals surface area contributed by atoms with Gasteiger partial charge in [0.25, 0.3) is 5.91 Å². The first-order valence-corrected chi connectivity index (χ1v) is 14.1. The van der Waals surface area contributed by atoms with Crippen LogP contribution < -0.4 is 10.1 Å². The summed E-state index contributed by atoms with van der Waals surface area (Å²) >= 11 is 5.86. The molecule has 4 rings (SSSR count). The summed E-state index contributed by atoms with van der Waals surface area (Å²) in [5.74, 6) is -0.630. The van der Waals surface area contributed by atoms with E-state index in [1.807, 2.05) is 18.2 Å². The Labute approximate surface area is 227 Å². The lowest BCUT2D eigenvalue weighted by Gasteiger charge is -2.13. The number of benzene rings is 4. The number of hydrogen-bond acceptors (Lipinski definition) is 4. The summed E-state index contributed by atoms with van der Waals surface area (Å²) in [5.41, 5.74) is 2.90. The predicted octanol–water partition coefficient (Wildman–Crippen LogP) is 6.49. The Morgan fingerprint density at radius 1 is 0.921 bits per heavy atom. The van der Waals surface area contributed by atoms with Crippen LogP contribution in [0, 0.1) is 5.82 Å². The fourth-order valence-corrected chi connectivity index (χ4v) is 5.82. The van der Waals surface area contributed by atoms with Crippen LogP contribution in [0.25, 0.3) is 11.1 Å². The lowest BCUT2D eigenvalue weighted by molar-refractivity contribution is 0.0953. The third-order valence-electron chi connectivity index (χ3n) is 6.07. The van der Waals surface area contributed by atoms with Gasteiger partial charge in [0.2, 0.25) is 0 Å². The van der Waals surface area contributed by atoms with E-state index < -0.39 is 15.7 Å². The van der Waals surface area contributed by atoms with Gasteiger partial charge >= 0.3 is 0 Å². The quantitative estimate of drug-likeness (QED) is 0.229. The van der Waals surface area contributed by atoms with E-state index in [2.05, 4.69) is 5.32 Å². The summed E-state index contributed by atoms with van der Waals surface area (Å²) in [4.78, 5) is 12.3. The Kier molecular flexibility index (Phi) is 8.81. The van der Waals surface area contributed by atoms with Crippen LogP contribution in [-0.2, 0) is 22.0 Å². The van der Waals surface area contributed by atoms with Gasteiger partial charge in [-0.2, -0.15) is 0 Å². The first kappa shape index (κ1) is 27.4. The molecule has 0 heterocycles. The molecular formula is C30H27ClFNO4S. The molecule has 0 fully saturated rings. The highest BCUT2D eigenvalue weighted by Gasteiger charge is 2.22. The average molecular weight is 552 g/mol. The van der Waals surface area contributed by atoms with Gasteiger partial charge in [-0.15, -0.1) is 0 Å². The molecule has 1 amide bonds. The number of halogens is 2. The summed E-state index contributed by atoms with van der Waals surface area (Å²) in [6.45, 7) is 0.476. The summed E-state index contributed by atoms with van der Waals surface area (Å²) in [7, 11) is -2.39. The molecule has 0 aromatic heterocycles. The SMILES string of the molecule is COc1ccc(-c2ccccc2F)cc1S(=O)(=O)Cc1cccc(CCCNC(=O)c2ccc(Cl)cc2)c1. The Hall–Kier alpha value is -3.68. The number of nitrogens with one attached hydrogen (secondary N) is 1. The number of aryl methyl sites for hydroxylation is 1. The van der Waals surface area contributed by atoms with Crippen molar-refractivity contribution in [3.8, 4) is 16.9 Å². The Morgan fingerprint density at radius 3 is 2.39 bits per heavy atom. The van der Waals surface area contributed by atoms with Crippen molar-refractivity contribution in [2.24, 2.45) is 0 Å². The number of carbonyl (C=O) groups excluding carboxylic acids is 1. The molecular weight excluding hydrogens is 525 g/mol. The normalized spacial score (nSPS) is 11.2. The zero-order chi connectivity index (χ0) is 27.1. The number of sulfone groups is 1. The van der Waals surface area contributed by atoms with Crippen LogP contribution in [0.4, 0.5) is 4.39 Å². The van der Waals surface area contributed by atoms with Crippen molar-refractivity contribution in [2.75, 3.05) is 13.7 Å². The maximum absolute atomic E-state index is 14.3. The monoisotopic (exact) mass is 551 g/mol. The van der Waals surface area contributed by atoms with E-state index in [9.17, 15) is 17.6 Å². The van der Waals surface area contributed by atoms with E-state index in [1.54, 1.807) is 60.7 Å². The molecule has 196 valence electrons. The highest BCUT2D eigenvalue weighted by Crippen LogP contribution is 2.33. The lowest BCUT2D eigenvalue weighted by atomic mass is 10.1. The van der Waals surface area contributed by atoms with Gasteiger partial charge in [0.1, 0.15) is 16.5 Å². The number of ether oxygens (including phenoxy) is 1. The van der Waals surface area contributed by atoms with Gasteiger partial charge < -0.3 is 10.1 Å². The maximum Gasteiger partial charge on any atom is 0.251 e. The smallest absolute Gasteiger partial charge is 0.251 e. The predicted molar refractivity (Wildman–Crippen MR) is 148 cm³/mol. The van der Waals surface area contributed by atoms with Gasteiger partial charge in [-0.05, 0) is 72.0 Å². The topological polar surface area (TPSA) is 72.5 Å². The third kappa shape index (κ3) is 6.79. The summed E-state index contributed by atoms with van der Waals surface area (Å²) in [5, 5.41) is 3.45. The number of rotatable bonds is 10. The van der Waals surface area contributed by atoms with Crippen molar-refractivity contribution in [3.63, 3.8) is 0 Å². The minimum absolute atomic E-state index is 0.0102. The maximum atomic E-state index is 14.3. The molecule has 0 aliphatic rings. The number of hydrogen-bond donors (Lipinski definition) is 1. The Morgan fingerprint density at radius 2 is 1.66 bits per heavy atom. The molecule has 8 heteroatoms. The first-order valence-electron chi connectivity index (χ1n) is 12.0. The molecule has 4 aromatic rings. The van der Waals surface area contributed by atoms with Gasteiger partial charge in [0, 0.05) is 22.7 Å². The molecule has 0 atom stereocenters. The van der Waals surface area contributed by atoms with E-state index in [-0.39, 0.29) is 22.3 Å². The Balaban J connectivity index is 1.43. The highest BCUT2D eigenvalue weighted by molar-refractivity contribution is 7.90. The van der Waals surface area contributed by atoms with E-state index in [0.29, 0.717) is 46.7 Å². The molecule has 0 saturated heterocycles. The first-order chi connectivity index (χ1) is 18.3. The fraction of sp³-hybridized carbons (Fsp3) is 0.167. The van der Waals surface area contributed by atoms with Crippen LogP contribution in [0.15, 0.2) is 95.9 Å². The lowest BCUT2D eigenvalue weighted by Crippen LogP contribution is -2.24. The molecule has 0 aliphatic heterocycles. The average Bonchev–Trinajstić information content (AvgIpc) is 2.91. The van der Waals surface area contributed by atoms with Crippen molar-refractivity contribution >= 4 is 27.3 Å². The van der Waals surface area contributed by atoms with E-state index in [1.165, 1.54) is 19.2 Å². The number of methoxy groups -OCH3 is 1. The van der Waals surface area contributed by atoms with Gasteiger partial charge in [0.15, 0.2) is 9.84 Å². The van der Waals surface area contributed by atoms with Gasteiger partial charge in [-0.3, -0.25) is 4.79 Å². The van der Waals surface area contributed by atoms with E-state index in [4.69, 9.17) is 16.3 Å². The molecule has 38 heavy (non-hydrogen) atoms. The molecule has 1 N–H and O–H groups in total. The standard InChI is InChI=1S/C30H27ClFNO4S/c1-37-28-16-13-24(26-9-2-3-10-27(26)32)19-29(28)38(35,36)20-22-7-4-6-21(18-22)8-5-17-33-30(34)23-11-14-25(31)15-12-23/h2-4,6-7,9-16,18-19H,5,8,17,20H2,1H3,(H,33,34). The van der Waals surface area contributed by atoms with E-state index >= 15 is 0 Å². The minimum Gasteiger partial charge on any atom is -0.495 e. The van der Waals surface area contributed by atoms with Crippen molar-refractivity contribution in [3.05, 3.63) is 119 Å². The summed E-state index contributed by atoms with van der Waals surface area (Å²) < 4.78 is 46.5. The molecule has 0 radical (unpaired) electrons. The number of carbonyl (C=O) groups is 1. The van der Waals surface area contributed by atoms with Crippen LogP contribution in [-0.4, -0.2) is 28.0 Å². The van der Waals surface area contributed by atoms with Crippen molar-refractivity contribution in [1.82, 2.24) is 5.32 Å². The van der Waals surface area contributed by atoms with Gasteiger partial charge in [-0.25, -0.2) is 12.8 Å². The molecule has 0 saturated carbocycles. The second-order valence-electron chi connectivity index (χ2n) is 8.79. The van der Waals surface area contributed by atoms with Crippen LogP contribution in [0.3, 0.4) is 0 Å². The van der Waals surface area contributed by atoms with Gasteiger partial charge in [-0.1, -0.05) is 60.1 Å². The highest BCUT2D eigenvalue weighted by atomic mass is 35.5. The molecule has 0 aliphatic carbocycles. The van der Waals surface area contributed by atoms with E-state index in [0.717, 1.165) is 5.56 Å². The van der Waals surface area contributed by atoms with Crippen LogP contribution in [0.1, 0.15) is 27.9 Å². The van der Waals surface area contributed by atoms with Crippen LogP contribution >= 0.6 is 11.6 Å². The second-order valence-corrected chi connectivity index (χ2v) is 11.2. The zero-order valence-electron chi connectivity index (χ0n) is 20.8. The summed E-state index contributed by atoms with van der Waals surface area (Å²) in [6.07, 6.45) is 1.36. The van der Waals surface area contributed by atoms with Crippen LogP contribution in [0.2, 0.25) is 5.02 Å². The minimum atomic E-state index is -3.80.